The van der Waals surface area contributed by atoms with Crippen molar-refractivity contribution >= 4 is 34.6 Å². The molecule has 0 spiro atoms. The lowest BCUT2D eigenvalue weighted by Crippen LogP contribution is -2.34. The normalized spacial score (nSPS) is 18.6. The van der Waals surface area contributed by atoms with Crippen molar-refractivity contribution in [3.8, 4) is 0 Å². The summed E-state index contributed by atoms with van der Waals surface area (Å²) in [5, 5.41) is 5.98. The maximum atomic E-state index is 12.7. The molecule has 0 bridgehead atoms. The van der Waals surface area contributed by atoms with Crippen LogP contribution in [-0.2, 0) is 10.9 Å². The second kappa shape index (κ2) is 6.81. The number of hydrogen-bond donors (Lipinski definition) is 2. The van der Waals surface area contributed by atoms with Crippen molar-refractivity contribution in [2.24, 2.45) is 0 Å². The van der Waals surface area contributed by atoms with Crippen LogP contribution < -0.4 is 10.6 Å². The molecule has 21 heavy (non-hydrogen) atoms. The summed E-state index contributed by atoms with van der Waals surface area (Å²) in [5.41, 5.74) is -0.660. The van der Waals surface area contributed by atoms with Gasteiger partial charge in [-0.25, -0.2) is 0 Å². The molecule has 1 aromatic rings. The Morgan fingerprint density at radius 1 is 1.43 bits per heavy atom. The Morgan fingerprint density at radius 2 is 2.19 bits per heavy atom. The third kappa shape index (κ3) is 4.72. The third-order valence-electron chi connectivity index (χ3n) is 3.06. The number of benzene rings is 1. The molecule has 0 saturated carbocycles. The second-order valence-corrected chi connectivity index (χ2v) is 5.48. The molecular weight excluding hydrogens is 325 g/mol. The molecule has 1 aromatic carbocycles. The number of anilines is 1. The first-order chi connectivity index (χ1) is 9.86. The fourth-order valence-electron chi connectivity index (χ4n) is 1.98. The molecule has 0 unspecified atom stereocenters. The van der Waals surface area contributed by atoms with E-state index >= 15 is 0 Å². The van der Waals surface area contributed by atoms with Crippen LogP contribution in [0.1, 0.15) is 18.4 Å². The fourth-order valence-corrected chi connectivity index (χ4v) is 2.33. The number of nitrogens with one attached hydrogen (secondary N) is 2. The Hall–Kier alpha value is -1.05. The number of thiocarbonyl (C=S) groups is 1. The predicted octanol–water partition coefficient (Wildman–Crippen LogP) is 3.82. The average Bonchev–Trinajstić information content (AvgIpc) is 2.91. The van der Waals surface area contributed by atoms with Gasteiger partial charge in [0.1, 0.15) is 0 Å². The number of rotatable bonds is 3. The first kappa shape index (κ1) is 16.3. The Kier molecular flexibility index (Phi) is 5.29. The van der Waals surface area contributed by atoms with Crippen molar-refractivity contribution in [1.82, 2.24) is 5.32 Å². The molecule has 2 rings (SSSR count). The predicted molar refractivity (Wildman–Crippen MR) is 79.7 cm³/mol. The zero-order chi connectivity index (χ0) is 15.5. The van der Waals surface area contributed by atoms with Crippen LogP contribution in [0.2, 0.25) is 5.02 Å². The number of alkyl halides is 3. The van der Waals surface area contributed by atoms with Crippen LogP contribution in [0.15, 0.2) is 18.2 Å². The van der Waals surface area contributed by atoms with Crippen LogP contribution in [0.3, 0.4) is 0 Å². The van der Waals surface area contributed by atoms with Crippen molar-refractivity contribution in [3.05, 3.63) is 28.8 Å². The Bertz CT molecular complexity index is 519. The van der Waals surface area contributed by atoms with Gasteiger partial charge in [0, 0.05) is 13.2 Å². The third-order valence-corrected chi connectivity index (χ3v) is 3.63. The van der Waals surface area contributed by atoms with Crippen LogP contribution >= 0.6 is 23.8 Å². The molecule has 1 atom stereocenters. The highest BCUT2D eigenvalue weighted by atomic mass is 35.5. The van der Waals surface area contributed by atoms with E-state index in [2.05, 4.69) is 10.6 Å². The van der Waals surface area contributed by atoms with Gasteiger partial charge in [-0.05, 0) is 43.3 Å². The van der Waals surface area contributed by atoms with Crippen LogP contribution in [-0.4, -0.2) is 24.4 Å². The van der Waals surface area contributed by atoms with E-state index in [0.717, 1.165) is 31.6 Å². The minimum absolute atomic E-state index is 0.0849. The highest BCUT2D eigenvalue weighted by molar-refractivity contribution is 7.80. The first-order valence-electron chi connectivity index (χ1n) is 6.39. The van der Waals surface area contributed by atoms with Crippen LogP contribution in [0.4, 0.5) is 18.9 Å². The van der Waals surface area contributed by atoms with Crippen molar-refractivity contribution in [2.75, 3.05) is 18.5 Å². The summed E-state index contributed by atoms with van der Waals surface area (Å²) in [6.07, 6.45) is -2.39. The van der Waals surface area contributed by atoms with Crippen molar-refractivity contribution in [2.45, 2.75) is 25.1 Å². The Morgan fingerprint density at radius 3 is 2.81 bits per heavy atom. The van der Waals surface area contributed by atoms with Gasteiger partial charge in [0.25, 0.3) is 0 Å². The zero-order valence-corrected chi connectivity index (χ0v) is 12.5. The number of hydrogen-bond acceptors (Lipinski definition) is 2. The summed E-state index contributed by atoms with van der Waals surface area (Å²) >= 11 is 10.9. The van der Waals surface area contributed by atoms with Crippen molar-refractivity contribution in [3.63, 3.8) is 0 Å². The van der Waals surface area contributed by atoms with E-state index in [4.69, 9.17) is 28.6 Å². The van der Waals surface area contributed by atoms with E-state index in [1.165, 1.54) is 6.07 Å². The minimum atomic E-state index is -4.42. The van der Waals surface area contributed by atoms with Gasteiger partial charge in [0.2, 0.25) is 0 Å². The fraction of sp³-hybridized carbons (Fsp3) is 0.462. The summed E-state index contributed by atoms with van der Waals surface area (Å²) in [4.78, 5) is 0. The smallest absolute Gasteiger partial charge is 0.376 e. The van der Waals surface area contributed by atoms with Crippen LogP contribution in [0, 0.1) is 0 Å². The van der Waals surface area contributed by atoms with Crippen molar-refractivity contribution < 1.29 is 17.9 Å². The van der Waals surface area contributed by atoms with Gasteiger partial charge in [0.15, 0.2) is 5.11 Å². The summed E-state index contributed by atoms with van der Waals surface area (Å²) in [7, 11) is 0. The van der Waals surface area contributed by atoms with Gasteiger partial charge in [-0.15, -0.1) is 0 Å². The molecule has 1 aliphatic rings. The monoisotopic (exact) mass is 338 g/mol. The molecule has 1 fully saturated rings. The zero-order valence-electron chi connectivity index (χ0n) is 11.0. The second-order valence-electron chi connectivity index (χ2n) is 4.66. The van der Waals surface area contributed by atoms with Gasteiger partial charge in [0.05, 0.1) is 22.4 Å². The van der Waals surface area contributed by atoms with E-state index < -0.39 is 11.7 Å². The van der Waals surface area contributed by atoms with E-state index in [1.54, 1.807) is 0 Å². The molecule has 1 heterocycles. The SMILES string of the molecule is FC(F)(F)c1ccc(Cl)c(NC(=S)NC[C@H]2CCCO2)c1. The molecule has 0 aliphatic carbocycles. The molecule has 0 radical (unpaired) electrons. The highest BCUT2D eigenvalue weighted by Crippen LogP contribution is 2.33. The number of ether oxygens (including phenoxy) is 1. The van der Waals surface area contributed by atoms with Crippen molar-refractivity contribution in [1.29, 1.82) is 0 Å². The molecule has 1 saturated heterocycles. The topological polar surface area (TPSA) is 33.3 Å². The molecule has 3 nitrogen and oxygen atoms in total. The maximum Gasteiger partial charge on any atom is 0.416 e. The van der Waals surface area contributed by atoms with E-state index in [1.807, 2.05) is 0 Å². The highest BCUT2D eigenvalue weighted by Gasteiger charge is 2.31. The molecule has 0 aromatic heterocycles. The summed E-state index contributed by atoms with van der Waals surface area (Å²) in [6, 6.07) is 3.05. The molecule has 2 N–H and O–H groups in total. The minimum Gasteiger partial charge on any atom is -0.376 e. The molecule has 0 amide bonds. The molecule has 116 valence electrons. The van der Waals surface area contributed by atoms with Gasteiger partial charge in [-0.3, -0.25) is 0 Å². The largest absolute Gasteiger partial charge is 0.416 e. The Labute approximate surface area is 130 Å². The summed E-state index contributed by atoms with van der Waals surface area (Å²) in [6.45, 7) is 1.24. The summed E-state index contributed by atoms with van der Waals surface area (Å²) < 4.78 is 43.4. The lowest BCUT2D eigenvalue weighted by Gasteiger charge is -2.16. The molecule has 1 aliphatic heterocycles. The summed E-state index contributed by atoms with van der Waals surface area (Å²) in [5.74, 6) is 0. The van der Waals surface area contributed by atoms with Gasteiger partial charge >= 0.3 is 6.18 Å². The number of halogens is 4. The van der Waals surface area contributed by atoms with E-state index in [9.17, 15) is 13.2 Å². The Balaban J connectivity index is 1.96. The quantitative estimate of drug-likeness (QED) is 0.821. The maximum absolute atomic E-state index is 12.7. The molecular formula is C13H14ClF3N2OS. The van der Waals surface area contributed by atoms with E-state index in [-0.39, 0.29) is 21.9 Å². The molecule has 8 heteroatoms. The van der Waals surface area contributed by atoms with E-state index in [0.29, 0.717) is 6.54 Å². The van der Waals surface area contributed by atoms with Gasteiger partial charge < -0.3 is 15.4 Å². The van der Waals surface area contributed by atoms with Gasteiger partial charge in [-0.2, -0.15) is 13.2 Å². The standard InChI is InChI=1S/C13H14ClF3N2OS/c14-10-4-3-8(13(15,16)17)6-11(10)19-12(21)18-7-9-2-1-5-20-9/h3-4,6,9H,1-2,5,7H2,(H2,18,19,21)/t9-/m1/s1. The van der Waals surface area contributed by atoms with Crippen LogP contribution in [0.25, 0.3) is 0 Å². The average molecular weight is 339 g/mol. The van der Waals surface area contributed by atoms with Crippen LogP contribution in [0.5, 0.6) is 0 Å². The lowest BCUT2D eigenvalue weighted by molar-refractivity contribution is -0.137. The lowest BCUT2D eigenvalue weighted by atomic mass is 10.2. The van der Waals surface area contributed by atoms with Gasteiger partial charge in [-0.1, -0.05) is 11.6 Å². The first-order valence-corrected chi connectivity index (χ1v) is 7.18.